The lowest BCUT2D eigenvalue weighted by Crippen LogP contribution is -2.57. The van der Waals surface area contributed by atoms with Gasteiger partial charge in [0.2, 0.25) is 5.82 Å². The maximum absolute atomic E-state index is 12.2. The van der Waals surface area contributed by atoms with E-state index in [1.54, 1.807) is 12.0 Å². The van der Waals surface area contributed by atoms with Gasteiger partial charge >= 0.3 is 6.03 Å². The minimum absolute atomic E-state index is 0.0224. The largest absolute Gasteiger partial charge is 0.487 e. The zero-order chi connectivity index (χ0) is 19.3. The average Bonchev–Trinajstić information content (AvgIpc) is 3.14. The number of methoxy groups -OCH3 is 1. The number of para-hydroxylation sites is 1. The van der Waals surface area contributed by atoms with Crippen LogP contribution in [0.2, 0.25) is 0 Å². The summed E-state index contributed by atoms with van der Waals surface area (Å²) in [4.78, 5) is 18.1. The molecule has 2 aromatic carbocycles. The standard InChI is InChI=1S/C20H20N4O4/c1-26-13-18-22-19(23-28-18)14-7-9-16(10-8-14)27-17-11-24(12-17)20(25)21-15-5-3-2-4-6-15/h2-10,17H,11-13H2,1H3,(H,21,25). The van der Waals surface area contributed by atoms with Crippen LogP contribution in [0.15, 0.2) is 59.1 Å². The van der Waals surface area contributed by atoms with Gasteiger partial charge in [-0.05, 0) is 36.4 Å². The van der Waals surface area contributed by atoms with E-state index in [1.807, 2.05) is 54.6 Å². The van der Waals surface area contributed by atoms with Crippen molar-refractivity contribution in [2.45, 2.75) is 12.7 Å². The first-order valence-corrected chi connectivity index (χ1v) is 8.91. The number of benzene rings is 2. The van der Waals surface area contributed by atoms with E-state index in [1.165, 1.54) is 0 Å². The van der Waals surface area contributed by atoms with Gasteiger partial charge in [-0.1, -0.05) is 23.4 Å². The van der Waals surface area contributed by atoms with Crippen LogP contribution in [0.1, 0.15) is 5.89 Å². The van der Waals surface area contributed by atoms with Crippen molar-refractivity contribution in [2.75, 3.05) is 25.5 Å². The van der Waals surface area contributed by atoms with Gasteiger partial charge < -0.3 is 24.2 Å². The fourth-order valence-corrected chi connectivity index (χ4v) is 2.83. The van der Waals surface area contributed by atoms with Gasteiger partial charge in [-0.25, -0.2) is 4.79 Å². The normalized spacial score (nSPS) is 13.8. The molecule has 8 heteroatoms. The molecule has 0 saturated carbocycles. The molecule has 1 aromatic heterocycles. The van der Waals surface area contributed by atoms with Crippen molar-refractivity contribution in [3.8, 4) is 17.1 Å². The molecular weight excluding hydrogens is 360 g/mol. The molecule has 0 unspecified atom stereocenters. The van der Waals surface area contributed by atoms with E-state index in [9.17, 15) is 4.79 Å². The smallest absolute Gasteiger partial charge is 0.322 e. The summed E-state index contributed by atoms with van der Waals surface area (Å²) in [5.41, 5.74) is 1.61. The summed E-state index contributed by atoms with van der Waals surface area (Å²) in [6.45, 7) is 1.38. The number of nitrogens with one attached hydrogen (secondary N) is 1. The van der Waals surface area contributed by atoms with Crippen molar-refractivity contribution in [1.29, 1.82) is 0 Å². The van der Waals surface area contributed by atoms with Gasteiger partial charge in [-0.15, -0.1) is 0 Å². The Labute approximate surface area is 162 Å². The first kappa shape index (κ1) is 18.0. The molecule has 144 valence electrons. The highest BCUT2D eigenvalue weighted by Gasteiger charge is 2.32. The molecule has 3 aromatic rings. The number of nitrogens with zero attached hydrogens (tertiary/aromatic N) is 3. The number of carbonyl (C=O) groups is 1. The molecule has 0 radical (unpaired) electrons. The van der Waals surface area contributed by atoms with Crippen LogP contribution in [0.4, 0.5) is 10.5 Å². The number of rotatable bonds is 6. The summed E-state index contributed by atoms with van der Waals surface area (Å²) in [6, 6.07) is 16.7. The Bertz CT molecular complexity index is 921. The van der Waals surface area contributed by atoms with Crippen LogP contribution in [0.25, 0.3) is 11.4 Å². The summed E-state index contributed by atoms with van der Waals surface area (Å²) in [6.07, 6.45) is -0.0224. The Morgan fingerprint density at radius 1 is 1.18 bits per heavy atom. The molecular formula is C20H20N4O4. The van der Waals surface area contributed by atoms with Crippen LogP contribution < -0.4 is 10.1 Å². The Balaban J connectivity index is 1.27. The molecule has 1 aliphatic heterocycles. The molecule has 1 saturated heterocycles. The number of ether oxygens (including phenoxy) is 2. The highest BCUT2D eigenvalue weighted by molar-refractivity contribution is 5.89. The van der Waals surface area contributed by atoms with Crippen molar-refractivity contribution in [3.05, 3.63) is 60.5 Å². The minimum Gasteiger partial charge on any atom is -0.487 e. The molecule has 2 amide bonds. The maximum Gasteiger partial charge on any atom is 0.322 e. The van der Waals surface area contributed by atoms with Gasteiger partial charge in [-0.3, -0.25) is 0 Å². The van der Waals surface area contributed by atoms with E-state index in [2.05, 4.69) is 15.5 Å². The monoisotopic (exact) mass is 380 g/mol. The van der Waals surface area contributed by atoms with Crippen molar-refractivity contribution in [3.63, 3.8) is 0 Å². The van der Waals surface area contributed by atoms with Gasteiger partial charge in [0.1, 0.15) is 18.5 Å². The van der Waals surface area contributed by atoms with E-state index in [0.29, 0.717) is 24.8 Å². The van der Waals surface area contributed by atoms with E-state index < -0.39 is 0 Å². The lowest BCUT2D eigenvalue weighted by molar-refractivity contribution is 0.0493. The lowest BCUT2D eigenvalue weighted by atomic mass is 10.1. The fourth-order valence-electron chi connectivity index (χ4n) is 2.83. The van der Waals surface area contributed by atoms with Gasteiger partial charge in [0.25, 0.3) is 5.89 Å². The molecule has 8 nitrogen and oxygen atoms in total. The number of likely N-dealkylation sites (tertiary alicyclic amines) is 1. The highest BCUT2D eigenvalue weighted by atomic mass is 16.5. The van der Waals surface area contributed by atoms with Crippen LogP contribution >= 0.6 is 0 Å². The Morgan fingerprint density at radius 3 is 2.64 bits per heavy atom. The van der Waals surface area contributed by atoms with Gasteiger partial charge in [-0.2, -0.15) is 4.98 Å². The minimum atomic E-state index is -0.120. The number of amides is 2. The molecule has 4 rings (SSSR count). The first-order chi connectivity index (χ1) is 13.7. The second kappa shape index (κ2) is 8.10. The fraction of sp³-hybridized carbons (Fsp3) is 0.250. The quantitative estimate of drug-likeness (QED) is 0.706. The molecule has 28 heavy (non-hydrogen) atoms. The topological polar surface area (TPSA) is 89.7 Å². The van der Waals surface area contributed by atoms with E-state index in [4.69, 9.17) is 14.0 Å². The molecule has 2 heterocycles. The number of hydrogen-bond acceptors (Lipinski definition) is 6. The van der Waals surface area contributed by atoms with Crippen molar-refractivity contribution >= 4 is 11.7 Å². The predicted molar refractivity (Wildman–Crippen MR) is 102 cm³/mol. The molecule has 0 spiro atoms. The first-order valence-electron chi connectivity index (χ1n) is 8.91. The van der Waals surface area contributed by atoms with E-state index in [-0.39, 0.29) is 18.7 Å². The molecule has 1 aliphatic rings. The lowest BCUT2D eigenvalue weighted by Gasteiger charge is -2.38. The SMILES string of the molecule is COCc1nc(-c2ccc(OC3CN(C(=O)Nc4ccccc4)C3)cc2)no1. The second-order valence-electron chi connectivity index (χ2n) is 6.41. The summed E-state index contributed by atoms with van der Waals surface area (Å²) in [7, 11) is 1.57. The van der Waals surface area contributed by atoms with Crippen LogP contribution in [0.3, 0.4) is 0 Å². The van der Waals surface area contributed by atoms with Crippen LogP contribution in [-0.4, -0.2) is 47.4 Å². The Kier molecular flexibility index (Phi) is 5.20. The zero-order valence-corrected chi connectivity index (χ0v) is 15.4. The van der Waals surface area contributed by atoms with E-state index in [0.717, 1.165) is 17.0 Å². The van der Waals surface area contributed by atoms with Gasteiger partial charge in [0.05, 0.1) is 13.1 Å². The maximum atomic E-state index is 12.2. The van der Waals surface area contributed by atoms with Crippen LogP contribution in [-0.2, 0) is 11.3 Å². The van der Waals surface area contributed by atoms with Crippen molar-refractivity contribution in [2.24, 2.45) is 0 Å². The van der Waals surface area contributed by atoms with Crippen LogP contribution in [0, 0.1) is 0 Å². The van der Waals surface area contributed by atoms with Crippen molar-refractivity contribution in [1.82, 2.24) is 15.0 Å². The zero-order valence-electron chi connectivity index (χ0n) is 15.4. The number of anilines is 1. The third-order valence-corrected chi connectivity index (χ3v) is 4.31. The Hall–Kier alpha value is -3.39. The van der Waals surface area contributed by atoms with Gasteiger partial charge in [0, 0.05) is 18.4 Å². The Morgan fingerprint density at radius 2 is 1.93 bits per heavy atom. The number of hydrogen-bond donors (Lipinski definition) is 1. The predicted octanol–water partition coefficient (Wildman–Crippen LogP) is 3.18. The summed E-state index contributed by atoms with van der Waals surface area (Å²) >= 11 is 0. The highest BCUT2D eigenvalue weighted by Crippen LogP contribution is 2.23. The molecule has 0 bridgehead atoms. The summed E-state index contributed by atoms with van der Waals surface area (Å²) in [5, 5.41) is 6.79. The summed E-state index contributed by atoms with van der Waals surface area (Å²) in [5.74, 6) is 1.67. The third kappa shape index (κ3) is 4.12. The third-order valence-electron chi connectivity index (χ3n) is 4.31. The number of aromatic nitrogens is 2. The van der Waals surface area contributed by atoms with Crippen molar-refractivity contribution < 1.29 is 18.8 Å². The average molecular weight is 380 g/mol. The number of urea groups is 1. The molecule has 0 aliphatic carbocycles. The van der Waals surface area contributed by atoms with Gasteiger partial charge in [0.15, 0.2) is 0 Å². The molecule has 0 atom stereocenters. The van der Waals surface area contributed by atoms with E-state index >= 15 is 0 Å². The second-order valence-corrected chi connectivity index (χ2v) is 6.41. The van der Waals surface area contributed by atoms with Crippen LogP contribution in [0.5, 0.6) is 5.75 Å². The number of carbonyl (C=O) groups excluding carboxylic acids is 1. The molecule has 1 fully saturated rings. The molecule has 1 N–H and O–H groups in total. The summed E-state index contributed by atoms with van der Waals surface area (Å²) < 4.78 is 16.0.